The summed E-state index contributed by atoms with van der Waals surface area (Å²) in [6.45, 7) is 1.61. The van der Waals surface area contributed by atoms with E-state index in [1.165, 1.54) is 12.8 Å². The Balaban J connectivity index is 1.91. The monoisotopic (exact) mass is 299 g/mol. The van der Waals surface area contributed by atoms with Crippen LogP contribution in [0.25, 0.3) is 0 Å². The van der Waals surface area contributed by atoms with E-state index in [9.17, 15) is 4.79 Å². The lowest BCUT2D eigenvalue weighted by Gasteiger charge is -2.67. The summed E-state index contributed by atoms with van der Waals surface area (Å²) >= 11 is 0. The van der Waals surface area contributed by atoms with Crippen molar-refractivity contribution in [3.63, 3.8) is 0 Å². The quantitative estimate of drug-likeness (QED) is 0.844. The fraction of sp³-hybridized carbons (Fsp3) is 0.833. The Bertz CT molecular complexity index is 522. The summed E-state index contributed by atoms with van der Waals surface area (Å²) in [5.41, 5.74) is 0.357. The SMILES string of the molecule is CC(=O)NC12CC3C[C@@](CCC#N)(C1)C[C@](CCC#N)(C3)C2. The number of nitrogens with zero attached hydrogens (tertiary/aromatic N) is 2. The van der Waals surface area contributed by atoms with E-state index in [0.717, 1.165) is 38.5 Å². The Morgan fingerprint density at radius 1 is 1.05 bits per heavy atom. The van der Waals surface area contributed by atoms with Crippen LogP contribution >= 0.6 is 0 Å². The molecule has 0 saturated heterocycles. The fourth-order valence-corrected chi connectivity index (χ4v) is 6.56. The van der Waals surface area contributed by atoms with Gasteiger partial charge in [-0.3, -0.25) is 4.79 Å². The van der Waals surface area contributed by atoms with E-state index in [2.05, 4.69) is 17.5 Å². The Labute approximate surface area is 132 Å². The lowest BCUT2D eigenvalue weighted by molar-refractivity contribution is -0.148. The maximum absolute atomic E-state index is 11.7. The number of carbonyl (C=O) groups is 1. The Morgan fingerprint density at radius 3 is 2.05 bits per heavy atom. The van der Waals surface area contributed by atoms with E-state index in [-0.39, 0.29) is 22.3 Å². The third kappa shape index (κ3) is 2.60. The molecule has 4 rings (SSSR count). The molecule has 4 aliphatic carbocycles. The molecule has 2 unspecified atom stereocenters. The first kappa shape index (κ1) is 15.3. The van der Waals surface area contributed by atoms with Gasteiger partial charge in [-0.15, -0.1) is 0 Å². The normalized spacial score (nSPS) is 41.7. The number of carbonyl (C=O) groups excluding carboxylic acids is 1. The average Bonchev–Trinajstić information content (AvgIpc) is 2.40. The Hall–Kier alpha value is -1.55. The minimum Gasteiger partial charge on any atom is -0.351 e. The lowest BCUT2D eigenvalue weighted by atomic mass is 9.40. The zero-order chi connectivity index (χ0) is 15.8. The number of hydrogen-bond acceptors (Lipinski definition) is 3. The molecule has 118 valence electrons. The summed E-state index contributed by atoms with van der Waals surface area (Å²) in [4.78, 5) is 11.7. The molecule has 4 saturated carbocycles. The van der Waals surface area contributed by atoms with Gasteiger partial charge in [-0.1, -0.05) is 0 Å². The number of hydrogen-bond donors (Lipinski definition) is 1. The van der Waals surface area contributed by atoms with Gasteiger partial charge in [-0.2, -0.15) is 10.5 Å². The first-order valence-electron chi connectivity index (χ1n) is 8.47. The Morgan fingerprint density at radius 2 is 1.59 bits per heavy atom. The van der Waals surface area contributed by atoms with Gasteiger partial charge in [-0.25, -0.2) is 0 Å². The van der Waals surface area contributed by atoms with Crippen molar-refractivity contribution < 1.29 is 4.79 Å². The van der Waals surface area contributed by atoms with Gasteiger partial charge in [0, 0.05) is 25.3 Å². The number of nitrogens with one attached hydrogen (secondary N) is 1. The molecule has 0 heterocycles. The molecule has 4 aliphatic rings. The first-order valence-corrected chi connectivity index (χ1v) is 8.47. The van der Waals surface area contributed by atoms with Crippen molar-refractivity contribution in [2.75, 3.05) is 0 Å². The van der Waals surface area contributed by atoms with Crippen LogP contribution in [-0.4, -0.2) is 11.4 Å². The molecular weight excluding hydrogens is 274 g/mol. The second-order valence-corrected chi connectivity index (χ2v) is 8.29. The van der Waals surface area contributed by atoms with Crippen LogP contribution in [0.1, 0.15) is 71.1 Å². The van der Waals surface area contributed by atoms with Gasteiger partial charge in [0.15, 0.2) is 0 Å². The minimum absolute atomic E-state index is 0.0628. The van der Waals surface area contributed by atoms with Crippen molar-refractivity contribution >= 4 is 5.91 Å². The van der Waals surface area contributed by atoms with E-state index in [0.29, 0.717) is 18.8 Å². The van der Waals surface area contributed by atoms with E-state index < -0.39 is 0 Å². The second-order valence-electron chi connectivity index (χ2n) is 8.29. The number of rotatable bonds is 5. The highest BCUT2D eigenvalue weighted by Gasteiger charge is 2.62. The van der Waals surface area contributed by atoms with E-state index in [1.807, 2.05) is 0 Å². The highest BCUT2D eigenvalue weighted by molar-refractivity contribution is 5.74. The summed E-state index contributed by atoms with van der Waals surface area (Å²) in [5, 5.41) is 21.3. The van der Waals surface area contributed by atoms with Gasteiger partial charge in [-0.05, 0) is 68.1 Å². The van der Waals surface area contributed by atoms with Crippen LogP contribution in [0, 0.1) is 39.4 Å². The molecule has 4 bridgehead atoms. The van der Waals surface area contributed by atoms with Gasteiger partial charge in [0.1, 0.15) is 0 Å². The maximum Gasteiger partial charge on any atom is 0.217 e. The van der Waals surface area contributed by atoms with Crippen LogP contribution < -0.4 is 5.32 Å². The van der Waals surface area contributed by atoms with Gasteiger partial charge in [0.2, 0.25) is 5.91 Å². The lowest BCUT2D eigenvalue weighted by Crippen LogP contribution is -2.66. The fourth-order valence-electron chi connectivity index (χ4n) is 6.56. The van der Waals surface area contributed by atoms with Crippen molar-refractivity contribution in [3.8, 4) is 12.1 Å². The molecule has 4 nitrogen and oxygen atoms in total. The molecule has 1 amide bonds. The van der Waals surface area contributed by atoms with Crippen molar-refractivity contribution in [1.82, 2.24) is 5.32 Å². The van der Waals surface area contributed by atoms with Gasteiger partial charge < -0.3 is 5.32 Å². The zero-order valence-electron chi connectivity index (χ0n) is 13.5. The van der Waals surface area contributed by atoms with Crippen molar-refractivity contribution in [2.45, 2.75) is 76.7 Å². The van der Waals surface area contributed by atoms with E-state index in [1.54, 1.807) is 6.92 Å². The van der Waals surface area contributed by atoms with Crippen LogP contribution in [-0.2, 0) is 4.79 Å². The molecule has 0 aromatic rings. The van der Waals surface area contributed by atoms with Crippen molar-refractivity contribution in [3.05, 3.63) is 0 Å². The molecule has 4 fully saturated rings. The number of nitriles is 2. The molecule has 4 heteroatoms. The minimum atomic E-state index is -0.0733. The van der Waals surface area contributed by atoms with E-state index in [4.69, 9.17) is 10.5 Å². The summed E-state index contributed by atoms with van der Waals surface area (Å²) in [7, 11) is 0. The smallest absolute Gasteiger partial charge is 0.217 e. The highest BCUT2D eigenvalue weighted by Crippen LogP contribution is 2.69. The molecule has 1 N–H and O–H groups in total. The van der Waals surface area contributed by atoms with Gasteiger partial charge >= 0.3 is 0 Å². The summed E-state index contributed by atoms with van der Waals surface area (Å²) < 4.78 is 0. The zero-order valence-corrected chi connectivity index (χ0v) is 13.5. The third-order valence-corrected chi connectivity index (χ3v) is 6.28. The Kier molecular flexibility index (Phi) is 3.68. The van der Waals surface area contributed by atoms with E-state index >= 15 is 0 Å². The number of amides is 1. The average molecular weight is 299 g/mol. The molecule has 0 aromatic carbocycles. The molecule has 0 aromatic heterocycles. The molecular formula is C18H25N3O. The largest absolute Gasteiger partial charge is 0.351 e. The van der Waals surface area contributed by atoms with Gasteiger partial charge in [0.05, 0.1) is 12.1 Å². The molecule has 22 heavy (non-hydrogen) atoms. The van der Waals surface area contributed by atoms with Crippen LogP contribution in [0.5, 0.6) is 0 Å². The molecule has 0 aliphatic heterocycles. The maximum atomic E-state index is 11.7. The predicted molar refractivity (Wildman–Crippen MR) is 82.3 cm³/mol. The summed E-state index contributed by atoms with van der Waals surface area (Å²) in [5.74, 6) is 0.716. The molecule has 0 spiro atoms. The summed E-state index contributed by atoms with van der Waals surface area (Å²) in [6.07, 6.45) is 9.86. The summed E-state index contributed by atoms with van der Waals surface area (Å²) in [6, 6.07) is 4.62. The second kappa shape index (κ2) is 5.27. The predicted octanol–water partition coefficient (Wildman–Crippen LogP) is 3.44. The van der Waals surface area contributed by atoms with Crippen molar-refractivity contribution in [1.29, 1.82) is 10.5 Å². The van der Waals surface area contributed by atoms with Crippen LogP contribution in [0.15, 0.2) is 0 Å². The topological polar surface area (TPSA) is 76.7 Å². The van der Waals surface area contributed by atoms with Crippen molar-refractivity contribution in [2.24, 2.45) is 16.7 Å². The molecule has 0 radical (unpaired) electrons. The molecule has 4 atom stereocenters. The van der Waals surface area contributed by atoms with Crippen LogP contribution in [0.4, 0.5) is 0 Å². The first-order chi connectivity index (χ1) is 10.4. The standard InChI is InChI=1S/C18H25N3O/c1-14(22)21-18-10-15-8-16(12-18,4-2-6-19)11-17(9-15,13-18)5-3-7-20/h15H,2-5,8-13H2,1H3,(H,21,22)/t15?,16-,17+,18?. The highest BCUT2D eigenvalue weighted by atomic mass is 16.1. The van der Waals surface area contributed by atoms with Crippen LogP contribution in [0.3, 0.4) is 0 Å². The third-order valence-electron chi connectivity index (χ3n) is 6.28. The van der Waals surface area contributed by atoms with Gasteiger partial charge in [0.25, 0.3) is 0 Å². The van der Waals surface area contributed by atoms with Crippen LogP contribution in [0.2, 0.25) is 0 Å².